The van der Waals surface area contributed by atoms with Gasteiger partial charge >= 0.3 is 17.9 Å². The Bertz CT molecular complexity index is 1400. The molecular formula is C56H86O6. The standard InChI is InChI=1S/C56H86O6/c1-4-7-10-13-16-19-22-25-27-28-30-31-34-37-40-43-46-49-55(58)61-52-53(51-60-54(57)48-45-42-39-36-33-24-21-18-15-12-9-6-3)62-56(59)50-47-44-41-38-35-32-29-26-23-20-17-14-11-8-5-2/h7-8,10-11,14,16-21,23,25-27,29-32,35,37,40,53H,4-6,9,12-13,15,22,24,28,33-34,36,38-39,41-52H2,1-3H3/b10-7-,11-8-,17-14-,19-16-,21-18-,23-20-,27-25-,29-26-,31-30-,35-32-,40-37-. The molecular weight excluding hydrogens is 769 g/mol. The van der Waals surface area contributed by atoms with Gasteiger partial charge in [0.05, 0.1) is 0 Å². The minimum atomic E-state index is -0.830. The second-order valence-electron chi connectivity index (χ2n) is 15.4. The molecule has 0 spiro atoms. The van der Waals surface area contributed by atoms with E-state index in [-0.39, 0.29) is 44.0 Å². The van der Waals surface area contributed by atoms with E-state index in [0.29, 0.717) is 19.3 Å². The summed E-state index contributed by atoms with van der Waals surface area (Å²) in [6, 6.07) is 0. The van der Waals surface area contributed by atoms with Crippen molar-refractivity contribution < 1.29 is 28.6 Å². The van der Waals surface area contributed by atoms with Gasteiger partial charge in [0.15, 0.2) is 6.10 Å². The van der Waals surface area contributed by atoms with E-state index in [2.05, 4.69) is 106 Å². The minimum absolute atomic E-state index is 0.123. The average Bonchev–Trinajstić information content (AvgIpc) is 3.27. The summed E-state index contributed by atoms with van der Waals surface area (Å²) in [6.45, 7) is 6.23. The fourth-order valence-corrected chi connectivity index (χ4v) is 5.90. The van der Waals surface area contributed by atoms with E-state index in [9.17, 15) is 14.4 Å². The molecule has 0 heterocycles. The molecule has 62 heavy (non-hydrogen) atoms. The molecule has 0 aliphatic heterocycles. The van der Waals surface area contributed by atoms with Gasteiger partial charge in [0.25, 0.3) is 0 Å². The van der Waals surface area contributed by atoms with Gasteiger partial charge in [-0.25, -0.2) is 0 Å². The number of unbranched alkanes of at least 4 members (excludes halogenated alkanes) is 12. The highest BCUT2D eigenvalue weighted by Crippen LogP contribution is 2.11. The van der Waals surface area contributed by atoms with Crippen LogP contribution in [0.1, 0.15) is 181 Å². The topological polar surface area (TPSA) is 78.9 Å². The number of carbonyl (C=O) groups excluding carboxylic acids is 3. The number of rotatable bonds is 41. The van der Waals surface area contributed by atoms with E-state index in [1.54, 1.807) is 0 Å². The Morgan fingerprint density at radius 1 is 0.355 bits per heavy atom. The van der Waals surface area contributed by atoms with Crippen molar-refractivity contribution >= 4 is 17.9 Å². The zero-order valence-electron chi connectivity index (χ0n) is 39.3. The Kier molecular flexibility index (Phi) is 45.7. The number of carbonyl (C=O) groups is 3. The molecule has 0 radical (unpaired) electrons. The van der Waals surface area contributed by atoms with E-state index in [1.807, 2.05) is 48.6 Å². The lowest BCUT2D eigenvalue weighted by atomic mass is 10.1. The second kappa shape index (κ2) is 49.2. The van der Waals surface area contributed by atoms with Crippen LogP contribution in [0.25, 0.3) is 0 Å². The Morgan fingerprint density at radius 3 is 1.27 bits per heavy atom. The van der Waals surface area contributed by atoms with Crippen LogP contribution in [0.15, 0.2) is 134 Å². The molecule has 0 aromatic rings. The molecule has 346 valence electrons. The number of ether oxygens (including phenoxy) is 3. The summed E-state index contributed by atoms with van der Waals surface area (Å²) in [7, 11) is 0. The van der Waals surface area contributed by atoms with Crippen LogP contribution in [0, 0.1) is 0 Å². The minimum Gasteiger partial charge on any atom is -0.462 e. The third-order valence-corrected chi connectivity index (χ3v) is 9.50. The average molecular weight is 855 g/mol. The van der Waals surface area contributed by atoms with Gasteiger partial charge in [-0.2, -0.15) is 0 Å². The van der Waals surface area contributed by atoms with Crippen molar-refractivity contribution in [2.45, 2.75) is 187 Å². The van der Waals surface area contributed by atoms with Crippen LogP contribution >= 0.6 is 0 Å². The van der Waals surface area contributed by atoms with Crippen molar-refractivity contribution in [1.29, 1.82) is 0 Å². The molecule has 0 amide bonds. The highest BCUT2D eigenvalue weighted by atomic mass is 16.6. The van der Waals surface area contributed by atoms with Gasteiger partial charge in [0.2, 0.25) is 0 Å². The molecule has 0 N–H and O–H groups in total. The summed E-state index contributed by atoms with van der Waals surface area (Å²) in [5, 5.41) is 0. The van der Waals surface area contributed by atoms with Crippen LogP contribution in [0.3, 0.4) is 0 Å². The maximum atomic E-state index is 12.8. The van der Waals surface area contributed by atoms with Crippen LogP contribution < -0.4 is 0 Å². The van der Waals surface area contributed by atoms with E-state index in [0.717, 1.165) is 96.3 Å². The van der Waals surface area contributed by atoms with Crippen LogP contribution in [-0.2, 0) is 28.6 Å². The lowest BCUT2D eigenvalue weighted by molar-refractivity contribution is -0.167. The van der Waals surface area contributed by atoms with Crippen molar-refractivity contribution in [3.63, 3.8) is 0 Å². The lowest BCUT2D eigenvalue weighted by Crippen LogP contribution is -2.30. The van der Waals surface area contributed by atoms with Crippen LogP contribution in [0.2, 0.25) is 0 Å². The largest absolute Gasteiger partial charge is 0.462 e. The van der Waals surface area contributed by atoms with Gasteiger partial charge < -0.3 is 14.2 Å². The van der Waals surface area contributed by atoms with Gasteiger partial charge in [-0.3, -0.25) is 14.4 Å². The maximum Gasteiger partial charge on any atom is 0.306 e. The Labute approximate surface area is 379 Å². The summed E-state index contributed by atoms with van der Waals surface area (Å²) < 4.78 is 16.7. The smallest absolute Gasteiger partial charge is 0.306 e. The fourth-order valence-electron chi connectivity index (χ4n) is 5.90. The summed E-state index contributed by atoms with van der Waals surface area (Å²) in [5.74, 6) is -1.05. The molecule has 0 aliphatic rings. The molecule has 0 fully saturated rings. The Morgan fingerprint density at radius 2 is 0.726 bits per heavy atom. The molecule has 1 unspecified atom stereocenters. The number of hydrogen-bond donors (Lipinski definition) is 0. The second-order valence-corrected chi connectivity index (χ2v) is 15.4. The molecule has 0 rings (SSSR count). The summed E-state index contributed by atoms with van der Waals surface area (Å²) in [6.07, 6.45) is 68.6. The lowest BCUT2D eigenvalue weighted by Gasteiger charge is -2.18. The molecule has 1 atom stereocenters. The molecule has 0 saturated heterocycles. The van der Waals surface area contributed by atoms with Crippen molar-refractivity contribution in [3.8, 4) is 0 Å². The van der Waals surface area contributed by atoms with E-state index < -0.39 is 6.10 Å². The van der Waals surface area contributed by atoms with Gasteiger partial charge in [-0.1, -0.05) is 193 Å². The third-order valence-electron chi connectivity index (χ3n) is 9.50. The van der Waals surface area contributed by atoms with Gasteiger partial charge in [0.1, 0.15) is 13.2 Å². The molecule has 0 saturated carbocycles. The quantitative estimate of drug-likeness (QED) is 0.0200. The first-order valence-electron chi connectivity index (χ1n) is 24.3. The third kappa shape index (κ3) is 46.6. The zero-order valence-corrected chi connectivity index (χ0v) is 39.3. The van der Waals surface area contributed by atoms with Gasteiger partial charge in [-0.05, 0) is 103 Å². The van der Waals surface area contributed by atoms with E-state index in [1.165, 1.54) is 32.1 Å². The van der Waals surface area contributed by atoms with Gasteiger partial charge in [0, 0.05) is 19.3 Å². The molecule has 6 heteroatoms. The first kappa shape index (κ1) is 57.5. The van der Waals surface area contributed by atoms with E-state index >= 15 is 0 Å². The Balaban J connectivity index is 4.60. The van der Waals surface area contributed by atoms with Crippen LogP contribution in [0.4, 0.5) is 0 Å². The van der Waals surface area contributed by atoms with Crippen molar-refractivity contribution in [2.75, 3.05) is 13.2 Å². The molecule has 0 aliphatic carbocycles. The predicted octanol–water partition coefficient (Wildman–Crippen LogP) is 15.9. The van der Waals surface area contributed by atoms with E-state index in [4.69, 9.17) is 14.2 Å². The molecule has 0 aromatic heterocycles. The first-order chi connectivity index (χ1) is 30.5. The highest BCUT2D eigenvalue weighted by molar-refractivity contribution is 5.71. The number of hydrogen-bond acceptors (Lipinski definition) is 6. The summed E-state index contributed by atoms with van der Waals surface area (Å²) in [5.41, 5.74) is 0. The van der Waals surface area contributed by atoms with Crippen LogP contribution in [-0.4, -0.2) is 37.2 Å². The van der Waals surface area contributed by atoms with Crippen molar-refractivity contribution in [3.05, 3.63) is 134 Å². The maximum absolute atomic E-state index is 12.8. The summed E-state index contributed by atoms with van der Waals surface area (Å²) in [4.78, 5) is 37.9. The fraction of sp³-hybridized carbons (Fsp3) is 0.554. The van der Waals surface area contributed by atoms with Crippen molar-refractivity contribution in [1.82, 2.24) is 0 Å². The summed E-state index contributed by atoms with van der Waals surface area (Å²) >= 11 is 0. The Hall–Kier alpha value is -4.45. The zero-order chi connectivity index (χ0) is 45.1. The SMILES string of the molecule is CC\C=C/C=C\C=C/C=C\C=C/CCCCCC(=O)OC(COC(=O)CCC/C=C\C/C=C\C/C=C\C/C=C\C/C=C\CC)COC(=O)CCCCCCC/C=C\CCCCC. The highest BCUT2D eigenvalue weighted by Gasteiger charge is 2.19. The molecule has 0 aromatic carbocycles. The van der Waals surface area contributed by atoms with Crippen molar-refractivity contribution in [2.24, 2.45) is 0 Å². The molecule has 0 bridgehead atoms. The predicted molar refractivity (Wildman–Crippen MR) is 265 cm³/mol. The van der Waals surface area contributed by atoms with Gasteiger partial charge in [-0.15, -0.1) is 0 Å². The number of allylic oxidation sites excluding steroid dienone is 22. The molecule has 6 nitrogen and oxygen atoms in total. The first-order valence-corrected chi connectivity index (χ1v) is 24.3. The van der Waals surface area contributed by atoms with Crippen LogP contribution in [0.5, 0.6) is 0 Å². The monoisotopic (exact) mass is 855 g/mol. The number of esters is 3. The normalized spacial score (nSPS) is 13.3.